The van der Waals surface area contributed by atoms with Gasteiger partial charge in [0.25, 0.3) is 6.47 Å². The van der Waals surface area contributed by atoms with Crippen molar-refractivity contribution in [2.24, 2.45) is 0 Å². The zero-order valence-corrected chi connectivity index (χ0v) is 14.7. The van der Waals surface area contributed by atoms with E-state index in [-0.39, 0.29) is 17.9 Å². The number of aromatic nitrogens is 3. The maximum absolute atomic E-state index is 12.5. The van der Waals surface area contributed by atoms with Gasteiger partial charge in [-0.2, -0.15) is 5.10 Å². The number of likely N-dealkylation sites (N-methyl/N-ethyl adjacent to an activating group) is 1. The molecular formula is C16H27N5O4. The van der Waals surface area contributed by atoms with E-state index in [1.54, 1.807) is 11.0 Å². The highest BCUT2D eigenvalue weighted by Crippen LogP contribution is 2.30. The van der Waals surface area contributed by atoms with E-state index in [9.17, 15) is 4.79 Å². The first kappa shape index (κ1) is 19.3. The van der Waals surface area contributed by atoms with Crippen LogP contribution in [0.15, 0.2) is 12.7 Å². The molecule has 0 aliphatic carbocycles. The monoisotopic (exact) mass is 353 g/mol. The first-order valence-electron chi connectivity index (χ1n) is 8.58. The van der Waals surface area contributed by atoms with E-state index in [4.69, 9.17) is 14.6 Å². The van der Waals surface area contributed by atoms with Crippen LogP contribution in [0.2, 0.25) is 0 Å². The van der Waals surface area contributed by atoms with Gasteiger partial charge in [-0.15, -0.1) is 0 Å². The molecule has 0 bridgehead atoms. The average molecular weight is 353 g/mol. The van der Waals surface area contributed by atoms with Gasteiger partial charge < -0.3 is 14.7 Å². The molecule has 0 radical (unpaired) electrons. The summed E-state index contributed by atoms with van der Waals surface area (Å²) in [4.78, 5) is 29.2. The molecule has 1 amide bonds. The normalized spacial score (nSPS) is 20.0. The van der Waals surface area contributed by atoms with Crippen molar-refractivity contribution in [1.29, 1.82) is 0 Å². The van der Waals surface area contributed by atoms with Crippen molar-refractivity contribution >= 4 is 12.4 Å². The second-order valence-electron chi connectivity index (χ2n) is 6.44. The zero-order valence-electron chi connectivity index (χ0n) is 14.7. The minimum Gasteiger partial charge on any atom is -0.483 e. The number of hydrogen-bond acceptors (Lipinski definition) is 6. The van der Waals surface area contributed by atoms with Gasteiger partial charge in [-0.25, -0.2) is 4.98 Å². The van der Waals surface area contributed by atoms with Crippen LogP contribution in [-0.4, -0.2) is 87.5 Å². The molecule has 3 rings (SSSR count). The highest BCUT2D eigenvalue weighted by atomic mass is 16.5. The topological polar surface area (TPSA) is 101 Å². The Bertz CT molecular complexity index is 531. The lowest BCUT2D eigenvalue weighted by atomic mass is 9.86. The lowest BCUT2D eigenvalue weighted by Crippen LogP contribution is -2.63. The minimum absolute atomic E-state index is 0.123. The predicted octanol–water partition coefficient (Wildman–Crippen LogP) is 0.0823. The van der Waals surface area contributed by atoms with Crippen molar-refractivity contribution in [1.82, 2.24) is 24.6 Å². The third-order valence-corrected chi connectivity index (χ3v) is 5.02. The quantitative estimate of drug-likeness (QED) is 0.765. The molecule has 0 atom stereocenters. The summed E-state index contributed by atoms with van der Waals surface area (Å²) in [5, 5.41) is 11.0. The van der Waals surface area contributed by atoms with E-state index in [1.807, 2.05) is 4.90 Å². The molecule has 0 unspecified atom stereocenters. The molecule has 2 aliphatic rings. The van der Waals surface area contributed by atoms with Crippen LogP contribution in [0, 0.1) is 0 Å². The summed E-state index contributed by atoms with van der Waals surface area (Å²) in [5.41, 5.74) is 0.123. The van der Waals surface area contributed by atoms with Crippen molar-refractivity contribution in [2.75, 3.05) is 39.9 Å². The van der Waals surface area contributed by atoms with Crippen LogP contribution in [0.1, 0.15) is 25.7 Å². The van der Waals surface area contributed by atoms with Crippen LogP contribution >= 0.6 is 0 Å². The van der Waals surface area contributed by atoms with Crippen molar-refractivity contribution < 1.29 is 19.4 Å². The Kier molecular flexibility index (Phi) is 7.32. The molecule has 1 aromatic heterocycles. The smallest absolute Gasteiger partial charge is 0.290 e. The average Bonchev–Trinajstić information content (AvgIpc) is 3.12. The second-order valence-corrected chi connectivity index (χ2v) is 6.44. The molecule has 1 aromatic rings. The fourth-order valence-corrected chi connectivity index (χ4v) is 3.47. The van der Waals surface area contributed by atoms with Gasteiger partial charge in [0.05, 0.1) is 0 Å². The highest BCUT2D eigenvalue weighted by molar-refractivity contribution is 5.76. The third kappa shape index (κ3) is 5.23. The Morgan fingerprint density at radius 2 is 2.08 bits per heavy atom. The van der Waals surface area contributed by atoms with Crippen LogP contribution in [-0.2, 0) is 20.9 Å². The molecule has 2 aliphatic heterocycles. The minimum atomic E-state index is -0.250. The summed E-state index contributed by atoms with van der Waals surface area (Å²) >= 11 is 0. The summed E-state index contributed by atoms with van der Waals surface area (Å²) < 4.78 is 7.28. The van der Waals surface area contributed by atoms with E-state index in [1.165, 1.54) is 6.33 Å². The number of hydrogen-bond donors (Lipinski definition) is 1. The second kappa shape index (κ2) is 9.47. The van der Waals surface area contributed by atoms with E-state index in [0.717, 1.165) is 58.7 Å². The van der Waals surface area contributed by atoms with E-state index in [0.29, 0.717) is 6.42 Å². The largest absolute Gasteiger partial charge is 0.483 e. The Labute approximate surface area is 147 Å². The van der Waals surface area contributed by atoms with Crippen molar-refractivity contribution in [3.63, 3.8) is 0 Å². The molecule has 9 nitrogen and oxygen atoms in total. The number of carboxylic acid groups (broad SMARTS) is 1. The first-order chi connectivity index (χ1) is 12.1. The fourth-order valence-electron chi connectivity index (χ4n) is 3.47. The summed E-state index contributed by atoms with van der Waals surface area (Å²) in [7, 11) is 2.18. The lowest BCUT2D eigenvalue weighted by Gasteiger charge is -2.51. The Balaban J connectivity index is 0.000000701. The number of piperazine rings is 1. The molecule has 25 heavy (non-hydrogen) atoms. The first-order valence-corrected chi connectivity index (χ1v) is 8.58. The van der Waals surface area contributed by atoms with E-state index >= 15 is 0 Å². The van der Waals surface area contributed by atoms with Crippen LogP contribution in [0.3, 0.4) is 0 Å². The Morgan fingerprint density at radius 3 is 2.72 bits per heavy atom. The molecule has 1 N–H and O–H groups in total. The Hall–Kier alpha value is -2.00. The van der Waals surface area contributed by atoms with E-state index < -0.39 is 0 Å². The molecule has 9 heteroatoms. The molecule has 0 saturated carbocycles. The summed E-state index contributed by atoms with van der Waals surface area (Å²) in [6, 6.07) is 0. The summed E-state index contributed by atoms with van der Waals surface area (Å²) in [6.07, 6.45) is 6.65. The van der Waals surface area contributed by atoms with Crippen molar-refractivity contribution in [2.45, 2.75) is 37.8 Å². The van der Waals surface area contributed by atoms with Gasteiger partial charge in [0.2, 0.25) is 5.91 Å². The fraction of sp³-hybridized carbons (Fsp3) is 0.750. The maximum atomic E-state index is 12.5. The molecule has 3 heterocycles. The van der Waals surface area contributed by atoms with Crippen molar-refractivity contribution in [3.05, 3.63) is 12.7 Å². The lowest BCUT2D eigenvalue weighted by molar-refractivity contribution is -0.139. The van der Waals surface area contributed by atoms with Gasteiger partial charge in [0, 0.05) is 51.4 Å². The molecule has 1 spiro atoms. The van der Waals surface area contributed by atoms with Gasteiger partial charge in [-0.05, 0) is 26.3 Å². The van der Waals surface area contributed by atoms with E-state index in [2.05, 4.69) is 22.0 Å². The number of amides is 1. The molecule has 2 fully saturated rings. The van der Waals surface area contributed by atoms with Crippen molar-refractivity contribution in [3.8, 4) is 0 Å². The zero-order chi connectivity index (χ0) is 18.1. The summed E-state index contributed by atoms with van der Waals surface area (Å²) in [6.45, 7) is 4.74. The summed E-state index contributed by atoms with van der Waals surface area (Å²) in [5.74, 6) is 0.263. The number of nitrogens with zero attached hydrogens (tertiary/aromatic N) is 5. The van der Waals surface area contributed by atoms with Crippen LogP contribution < -0.4 is 0 Å². The molecule has 2 saturated heterocycles. The predicted molar refractivity (Wildman–Crippen MR) is 89.9 cm³/mol. The van der Waals surface area contributed by atoms with Crippen LogP contribution in [0.4, 0.5) is 0 Å². The number of aryl methyl sites for hydroxylation is 1. The number of ether oxygens (including phenoxy) is 1. The van der Waals surface area contributed by atoms with Gasteiger partial charge in [0.1, 0.15) is 12.7 Å². The molecular weight excluding hydrogens is 326 g/mol. The third-order valence-electron chi connectivity index (χ3n) is 5.02. The number of carbonyl (C=O) groups is 2. The van der Waals surface area contributed by atoms with Gasteiger partial charge in [0.15, 0.2) is 0 Å². The molecule has 140 valence electrons. The number of carbonyl (C=O) groups excluding carboxylic acids is 1. The van der Waals surface area contributed by atoms with Gasteiger partial charge >= 0.3 is 0 Å². The van der Waals surface area contributed by atoms with Crippen LogP contribution in [0.5, 0.6) is 0 Å². The maximum Gasteiger partial charge on any atom is 0.290 e. The number of rotatable bonds is 4. The Morgan fingerprint density at radius 1 is 1.36 bits per heavy atom. The SMILES string of the molecule is CN1CCN(C(=O)CCCn2cncn2)CC12CCOCC2.O=CO. The molecule has 0 aromatic carbocycles. The van der Waals surface area contributed by atoms with Gasteiger partial charge in [-0.3, -0.25) is 19.2 Å². The van der Waals surface area contributed by atoms with Gasteiger partial charge in [-0.1, -0.05) is 0 Å². The standard InChI is InChI=1S/C15H25N5O2.CH2O2/c1-18-7-8-19(11-15(18)4-9-22-10-5-15)14(21)3-2-6-20-13-16-12-17-20;2-1-3/h12-13H,2-11H2,1H3;1H,(H,2,3). The highest BCUT2D eigenvalue weighted by Gasteiger charge is 2.41. The van der Waals surface area contributed by atoms with Crippen LogP contribution in [0.25, 0.3) is 0 Å².